The monoisotopic (exact) mass is 222 g/mol. The Morgan fingerprint density at radius 1 is 1.50 bits per heavy atom. The lowest BCUT2D eigenvalue weighted by Gasteiger charge is -2.30. The van der Waals surface area contributed by atoms with Crippen molar-refractivity contribution in [3.05, 3.63) is 23.7 Å². The van der Waals surface area contributed by atoms with E-state index in [9.17, 15) is 4.79 Å². The summed E-state index contributed by atoms with van der Waals surface area (Å²) in [6.07, 6.45) is 2.00. The second kappa shape index (κ2) is 4.70. The molecule has 1 amide bonds. The fourth-order valence-corrected chi connectivity index (χ4v) is 2.08. The average Bonchev–Trinajstić information content (AvgIpc) is 2.75. The van der Waals surface area contributed by atoms with Crippen LogP contribution in [-0.4, -0.2) is 30.4 Å². The van der Waals surface area contributed by atoms with Crippen molar-refractivity contribution in [3.8, 4) is 0 Å². The molecule has 0 saturated carbocycles. The highest BCUT2D eigenvalue weighted by atomic mass is 16.3. The van der Waals surface area contributed by atoms with Crippen LogP contribution in [0.3, 0.4) is 0 Å². The Morgan fingerprint density at radius 3 is 2.69 bits per heavy atom. The minimum Gasteiger partial charge on any atom is -0.456 e. The molecule has 4 heteroatoms. The van der Waals surface area contributed by atoms with Crippen molar-refractivity contribution in [2.45, 2.75) is 19.8 Å². The number of hydrogen-bond donors (Lipinski definition) is 1. The summed E-state index contributed by atoms with van der Waals surface area (Å²) in [6, 6.07) is 3.56. The molecule has 0 aliphatic carbocycles. The molecule has 0 unspecified atom stereocenters. The SMILES string of the molecule is Cc1ccc(C(=O)N2CCC(CN)CC2)o1. The van der Waals surface area contributed by atoms with E-state index in [1.807, 2.05) is 17.9 Å². The molecule has 0 radical (unpaired) electrons. The zero-order chi connectivity index (χ0) is 11.5. The summed E-state index contributed by atoms with van der Waals surface area (Å²) in [4.78, 5) is 13.9. The number of piperidine rings is 1. The molecule has 0 aromatic carbocycles. The number of amides is 1. The Kier molecular flexibility index (Phi) is 3.29. The largest absolute Gasteiger partial charge is 0.456 e. The maximum atomic E-state index is 12.0. The van der Waals surface area contributed by atoms with Gasteiger partial charge in [0, 0.05) is 13.1 Å². The summed E-state index contributed by atoms with van der Waals surface area (Å²) in [5, 5.41) is 0. The number of nitrogens with two attached hydrogens (primary N) is 1. The van der Waals surface area contributed by atoms with Crippen molar-refractivity contribution in [1.29, 1.82) is 0 Å². The van der Waals surface area contributed by atoms with Gasteiger partial charge in [-0.25, -0.2) is 0 Å². The van der Waals surface area contributed by atoms with Crippen molar-refractivity contribution in [2.75, 3.05) is 19.6 Å². The number of rotatable bonds is 2. The normalized spacial score (nSPS) is 17.8. The van der Waals surface area contributed by atoms with Crippen molar-refractivity contribution < 1.29 is 9.21 Å². The lowest BCUT2D eigenvalue weighted by Crippen LogP contribution is -2.39. The van der Waals surface area contributed by atoms with Gasteiger partial charge in [0.1, 0.15) is 5.76 Å². The number of aryl methyl sites for hydroxylation is 1. The second-order valence-electron chi connectivity index (χ2n) is 4.38. The van der Waals surface area contributed by atoms with Gasteiger partial charge in [0.2, 0.25) is 0 Å². The van der Waals surface area contributed by atoms with Gasteiger partial charge in [0.25, 0.3) is 5.91 Å². The van der Waals surface area contributed by atoms with E-state index >= 15 is 0 Å². The van der Waals surface area contributed by atoms with Gasteiger partial charge in [-0.15, -0.1) is 0 Å². The molecular formula is C12H18N2O2. The maximum absolute atomic E-state index is 12.0. The predicted octanol–water partition coefficient (Wildman–Crippen LogP) is 1.40. The van der Waals surface area contributed by atoms with Crippen molar-refractivity contribution in [1.82, 2.24) is 4.90 Å². The first kappa shape index (κ1) is 11.2. The molecule has 0 bridgehead atoms. The molecule has 2 rings (SSSR count). The summed E-state index contributed by atoms with van der Waals surface area (Å²) in [6.45, 7) is 4.15. The van der Waals surface area contributed by atoms with Crippen LogP contribution in [0.1, 0.15) is 29.2 Å². The summed E-state index contributed by atoms with van der Waals surface area (Å²) in [7, 11) is 0. The first-order chi connectivity index (χ1) is 7.70. The predicted molar refractivity (Wildman–Crippen MR) is 61.1 cm³/mol. The van der Waals surface area contributed by atoms with Gasteiger partial charge in [0.05, 0.1) is 0 Å². The van der Waals surface area contributed by atoms with Gasteiger partial charge >= 0.3 is 0 Å². The molecule has 16 heavy (non-hydrogen) atoms. The molecular weight excluding hydrogens is 204 g/mol. The number of likely N-dealkylation sites (tertiary alicyclic amines) is 1. The summed E-state index contributed by atoms with van der Waals surface area (Å²) in [5.74, 6) is 1.80. The van der Waals surface area contributed by atoms with Gasteiger partial charge in [-0.05, 0) is 44.4 Å². The Balaban J connectivity index is 1.96. The van der Waals surface area contributed by atoms with Gasteiger partial charge in [0.15, 0.2) is 5.76 Å². The van der Waals surface area contributed by atoms with Crippen LogP contribution in [0.5, 0.6) is 0 Å². The lowest BCUT2D eigenvalue weighted by atomic mass is 9.97. The molecule has 1 aliphatic heterocycles. The number of furan rings is 1. The maximum Gasteiger partial charge on any atom is 0.289 e. The highest BCUT2D eigenvalue weighted by molar-refractivity contribution is 5.91. The molecule has 88 valence electrons. The van der Waals surface area contributed by atoms with Gasteiger partial charge in [-0.3, -0.25) is 4.79 Å². The second-order valence-corrected chi connectivity index (χ2v) is 4.38. The minimum absolute atomic E-state index is 0.00331. The van der Waals surface area contributed by atoms with E-state index in [1.54, 1.807) is 6.07 Å². The van der Waals surface area contributed by atoms with Crippen LogP contribution in [0.25, 0.3) is 0 Å². The van der Waals surface area contributed by atoms with E-state index in [1.165, 1.54) is 0 Å². The summed E-state index contributed by atoms with van der Waals surface area (Å²) in [5.41, 5.74) is 5.62. The zero-order valence-electron chi connectivity index (χ0n) is 9.61. The van der Waals surface area contributed by atoms with Crippen molar-refractivity contribution >= 4 is 5.91 Å². The third kappa shape index (κ3) is 2.27. The van der Waals surface area contributed by atoms with E-state index < -0.39 is 0 Å². The van der Waals surface area contributed by atoms with E-state index in [4.69, 9.17) is 10.2 Å². The molecule has 2 N–H and O–H groups in total. The Morgan fingerprint density at radius 2 is 2.19 bits per heavy atom. The molecule has 0 spiro atoms. The standard InChI is InChI=1S/C12H18N2O2/c1-9-2-3-11(16-9)12(15)14-6-4-10(8-13)5-7-14/h2-3,10H,4-8,13H2,1H3. The van der Waals surface area contributed by atoms with E-state index in [0.717, 1.165) is 38.2 Å². The third-order valence-corrected chi connectivity index (χ3v) is 3.19. The average molecular weight is 222 g/mol. The first-order valence-corrected chi connectivity index (χ1v) is 5.76. The Labute approximate surface area is 95.4 Å². The molecule has 1 aromatic heterocycles. The highest BCUT2D eigenvalue weighted by Gasteiger charge is 2.24. The molecule has 0 atom stereocenters. The van der Waals surface area contributed by atoms with Crippen LogP contribution < -0.4 is 5.73 Å². The van der Waals surface area contributed by atoms with E-state index in [0.29, 0.717) is 11.7 Å². The first-order valence-electron chi connectivity index (χ1n) is 5.76. The molecule has 1 aromatic rings. The van der Waals surface area contributed by atoms with Gasteiger partial charge < -0.3 is 15.1 Å². The molecule has 4 nitrogen and oxygen atoms in total. The van der Waals surface area contributed by atoms with E-state index in [2.05, 4.69) is 0 Å². The number of carbonyl (C=O) groups excluding carboxylic acids is 1. The van der Waals surface area contributed by atoms with Gasteiger partial charge in [-0.1, -0.05) is 0 Å². The summed E-state index contributed by atoms with van der Waals surface area (Å²) >= 11 is 0. The van der Waals surface area contributed by atoms with Crippen LogP contribution in [0.15, 0.2) is 16.5 Å². The van der Waals surface area contributed by atoms with E-state index in [-0.39, 0.29) is 5.91 Å². The van der Waals surface area contributed by atoms with Crippen LogP contribution >= 0.6 is 0 Å². The zero-order valence-corrected chi connectivity index (χ0v) is 9.61. The van der Waals surface area contributed by atoms with Crippen molar-refractivity contribution in [2.24, 2.45) is 11.7 Å². The molecule has 1 fully saturated rings. The minimum atomic E-state index is 0.00331. The number of hydrogen-bond acceptors (Lipinski definition) is 3. The lowest BCUT2D eigenvalue weighted by molar-refractivity contribution is 0.0660. The van der Waals surface area contributed by atoms with Gasteiger partial charge in [-0.2, -0.15) is 0 Å². The Hall–Kier alpha value is -1.29. The topological polar surface area (TPSA) is 59.5 Å². The fraction of sp³-hybridized carbons (Fsp3) is 0.583. The van der Waals surface area contributed by atoms with Crippen LogP contribution in [-0.2, 0) is 0 Å². The quantitative estimate of drug-likeness (QED) is 0.822. The fourth-order valence-electron chi connectivity index (χ4n) is 2.08. The number of carbonyl (C=O) groups is 1. The van der Waals surface area contributed by atoms with Crippen LogP contribution in [0, 0.1) is 12.8 Å². The third-order valence-electron chi connectivity index (χ3n) is 3.19. The smallest absolute Gasteiger partial charge is 0.289 e. The molecule has 1 aliphatic rings. The summed E-state index contributed by atoms with van der Waals surface area (Å²) < 4.78 is 5.34. The highest BCUT2D eigenvalue weighted by Crippen LogP contribution is 2.18. The Bertz CT molecular complexity index is 365. The van der Waals surface area contributed by atoms with Crippen molar-refractivity contribution in [3.63, 3.8) is 0 Å². The van der Waals surface area contributed by atoms with Crippen LogP contribution in [0.4, 0.5) is 0 Å². The molecule has 2 heterocycles. The number of nitrogens with zero attached hydrogens (tertiary/aromatic N) is 1. The molecule has 1 saturated heterocycles. The van der Waals surface area contributed by atoms with Crippen LogP contribution in [0.2, 0.25) is 0 Å².